The van der Waals surface area contributed by atoms with E-state index in [1.807, 2.05) is 6.92 Å². The van der Waals surface area contributed by atoms with E-state index >= 15 is 0 Å². The summed E-state index contributed by atoms with van der Waals surface area (Å²) in [5.74, 6) is 0.320. The summed E-state index contributed by atoms with van der Waals surface area (Å²) in [6.07, 6.45) is 1.11. The van der Waals surface area contributed by atoms with Crippen molar-refractivity contribution in [2.45, 2.75) is 26.3 Å². The highest BCUT2D eigenvalue weighted by Gasteiger charge is 2.30. The fourth-order valence-electron chi connectivity index (χ4n) is 1.89. The van der Waals surface area contributed by atoms with Gasteiger partial charge >= 0.3 is 0 Å². The van der Waals surface area contributed by atoms with Gasteiger partial charge in [0.05, 0.1) is 6.26 Å². The number of nitrogens with one attached hydrogen (secondary N) is 3. The molecule has 0 aromatic carbocycles. The predicted molar refractivity (Wildman–Crippen MR) is 70.6 cm³/mol. The second-order valence-corrected chi connectivity index (χ2v) is 7.43. The molecular formula is C11H23N3O3S. The standard InChI is InChI=1S/C11H23N3O3S/c1-8(9-5-12-6-9)10(15)13-7-11(2,3)14-18(4,16)17/h8-9,12,14H,5-7H2,1-4H3,(H,13,15). The summed E-state index contributed by atoms with van der Waals surface area (Å²) in [7, 11) is -3.27. The Labute approximate surface area is 109 Å². The second-order valence-electron chi connectivity index (χ2n) is 5.68. The molecule has 0 aromatic rings. The first-order chi connectivity index (χ1) is 8.11. The molecule has 1 heterocycles. The number of amides is 1. The van der Waals surface area contributed by atoms with Gasteiger partial charge in [-0.3, -0.25) is 4.79 Å². The first kappa shape index (κ1) is 15.4. The Morgan fingerprint density at radius 2 is 2.00 bits per heavy atom. The lowest BCUT2D eigenvalue weighted by molar-refractivity contribution is -0.126. The van der Waals surface area contributed by atoms with Crippen LogP contribution in [0.25, 0.3) is 0 Å². The Morgan fingerprint density at radius 1 is 1.44 bits per heavy atom. The van der Waals surface area contributed by atoms with E-state index in [0.29, 0.717) is 5.92 Å². The van der Waals surface area contributed by atoms with Crippen molar-refractivity contribution in [3.63, 3.8) is 0 Å². The van der Waals surface area contributed by atoms with Crippen molar-refractivity contribution in [3.8, 4) is 0 Å². The van der Waals surface area contributed by atoms with Crippen LogP contribution >= 0.6 is 0 Å². The van der Waals surface area contributed by atoms with Crippen molar-refractivity contribution in [2.75, 3.05) is 25.9 Å². The maximum Gasteiger partial charge on any atom is 0.223 e. The lowest BCUT2D eigenvalue weighted by atomic mass is 9.88. The van der Waals surface area contributed by atoms with Crippen LogP contribution in [0.3, 0.4) is 0 Å². The molecule has 1 aliphatic rings. The molecule has 0 aliphatic carbocycles. The summed E-state index contributed by atoms with van der Waals surface area (Å²) in [5.41, 5.74) is -0.680. The van der Waals surface area contributed by atoms with Gasteiger partial charge in [-0.25, -0.2) is 13.1 Å². The van der Waals surface area contributed by atoms with E-state index in [9.17, 15) is 13.2 Å². The highest BCUT2D eigenvalue weighted by atomic mass is 32.2. The molecule has 0 saturated carbocycles. The van der Waals surface area contributed by atoms with E-state index in [4.69, 9.17) is 0 Å². The normalized spacial score (nSPS) is 19.1. The topological polar surface area (TPSA) is 87.3 Å². The van der Waals surface area contributed by atoms with Crippen LogP contribution < -0.4 is 15.4 Å². The van der Waals surface area contributed by atoms with Crippen LogP contribution in [-0.4, -0.2) is 45.8 Å². The minimum atomic E-state index is -3.27. The van der Waals surface area contributed by atoms with E-state index in [1.165, 1.54) is 0 Å². The van der Waals surface area contributed by atoms with Crippen LogP contribution in [0.2, 0.25) is 0 Å². The lowest BCUT2D eigenvalue weighted by Gasteiger charge is -2.33. The fourth-order valence-corrected chi connectivity index (χ4v) is 2.96. The number of sulfonamides is 1. The van der Waals surface area contributed by atoms with Gasteiger partial charge in [0, 0.05) is 18.0 Å². The minimum Gasteiger partial charge on any atom is -0.354 e. The fraction of sp³-hybridized carbons (Fsp3) is 0.909. The third-order valence-electron chi connectivity index (χ3n) is 3.10. The van der Waals surface area contributed by atoms with Crippen LogP contribution in [0.1, 0.15) is 20.8 Å². The Bertz CT molecular complexity index is 402. The van der Waals surface area contributed by atoms with Gasteiger partial charge in [0.1, 0.15) is 0 Å². The molecule has 1 unspecified atom stereocenters. The predicted octanol–water partition coefficient (Wildman–Crippen LogP) is -0.714. The molecule has 106 valence electrons. The quantitative estimate of drug-likeness (QED) is 0.598. The van der Waals surface area contributed by atoms with Crippen LogP contribution in [-0.2, 0) is 14.8 Å². The first-order valence-corrected chi connectivity index (χ1v) is 7.97. The van der Waals surface area contributed by atoms with Gasteiger partial charge in [-0.2, -0.15) is 0 Å². The average molecular weight is 277 g/mol. The smallest absolute Gasteiger partial charge is 0.223 e. The summed E-state index contributed by atoms with van der Waals surface area (Å²) < 4.78 is 24.8. The highest BCUT2D eigenvalue weighted by molar-refractivity contribution is 7.88. The summed E-state index contributed by atoms with van der Waals surface area (Å²) >= 11 is 0. The van der Waals surface area contributed by atoms with Crippen LogP contribution in [0, 0.1) is 11.8 Å². The zero-order valence-corrected chi connectivity index (χ0v) is 12.2. The van der Waals surface area contributed by atoms with E-state index < -0.39 is 15.6 Å². The van der Waals surface area contributed by atoms with Gasteiger partial charge in [-0.05, 0) is 32.9 Å². The summed E-state index contributed by atoms with van der Waals surface area (Å²) in [6.45, 7) is 7.41. The zero-order valence-electron chi connectivity index (χ0n) is 11.4. The molecule has 0 bridgehead atoms. The van der Waals surface area contributed by atoms with Crippen LogP contribution in [0.15, 0.2) is 0 Å². The third-order valence-corrected chi connectivity index (χ3v) is 4.02. The minimum absolute atomic E-state index is 0.0233. The number of hydrogen-bond donors (Lipinski definition) is 3. The monoisotopic (exact) mass is 277 g/mol. The van der Waals surface area contributed by atoms with Crippen LogP contribution in [0.5, 0.6) is 0 Å². The first-order valence-electron chi connectivity index (χ1n) is 6.08. The van der Waals surface area contributed by atoms with Crippen molar-refractivity contribution in [1.29, 1.82) is 0 Å². The molecule has 0 radical (unpaired) electrons. The Balaban J connectivity index is 2.41. The number of carbonyl (C=O) groups excluding carboxylic acids is 1. The molecule has 1 saturated heterocycles. The lowest BCUT2D eigenvalue weighted by Crippen LogP contribution is -2.54. The maximum atomic E-state index is 11.9. The molecule has 3 N–H and O–H groups in total. The molecule has 0 aromatic heterocycles. The van der Waals surface area contributed by atoms with E-state index in [1.54, 1.807) is 13.8 Å². The SMILES string of the molecule is CC(C(=O)NCC(C)(C)NS(C)(=O)=O)C1CNC1. The molecule has 18 heavy (non-hydrogen) atoms. The van der Waals surface area contributed by atoms with Crippen molar-refractivity contribution in [1.82, 2.24) is 15.4 Å². The largest absolute Gasteiger partial charge is 0.354 e. The van der Waals surface area contributed by atoms with Gasteiger partial charge < -0.3 is 10.6 Å². The summed E-state index contributed by atoms with van der Waals surface area (Å²) in [6, 6.07) is 0. The summed E-state index contributed by atoms with van der Waals surface area (Å²) in [5, 5.41) is 5.93. The van der Waals surface area contributed by atoms with Crippen LogP contribution in [0.4, 0.5) is 0 Å². The average Bonchev–Trinajstić information content (AvgIpc) is 2.07. The van der Waals surface area contributed by atoms with Gasteiger partial charge in [0.25, 0.3) is 0 Å². The molecule has 1 atom stereocenters. The van der Waals surface area contributed by atoms with Crippen molar-refractivity contribution < 1.29 is 13.2 Å². The molecule has 0 spiro atoms. The summed E-state index contributed by atoms with van der Waals surface area (Å²) in [4.78, 5) is 11.9. The molecule has 1 amide bonds. The van der Waals surface area contributed by atoms with Gasteiger partial charge in [0.2, 0.25) is 15.9 Å². The Kier molecular flexibility index (Phi) is 4.74. The third kappa shape index (κ3) is 4.91. The number of rotatable bonds is 6. The van der Waals surface area contributed by atoms with Crippen molar-refractivity contribution >= 4 is 15.9 Å². The van der Waals surface area contributed by atoms with Gasteiger partial charge in [-0.15, -0.1) is 0 Å². The second kappa shape index (κ2) is 5.54. The molecule has 6 nitrogen and oxygen atoms in total. The van der Waals surface area contributed by atoms with Gasteiger partial charge in [0.15, 0.2) is 0 Å². The Hall–Kier alpha value is -0.660. The number of carbonyl (C=O) groups is 1. The van der Waals surface area contributed by atoms with E-state index in [2.05, 4.69) is 15.4 Å². The molecular weight excluding hydrogens is 254 g/mol. The Morgan fingerprint density at radius 3 is 2.39 bits per heavy atom. The van der Waals surface area contributed by atoms with E-state index in [-0.39, 0.29) is 18.4 Å². The molecule has 1 aliphatic heterocycles. The molecule has 7 heteroatoms. The highest BCUT2D eigenvalue weighted by Crippen LogP contribution is 2.16. The van der Waals surface area contributed by atoms with Crippen molar-refractivity contribution in [3.05, 3.63) is 0 Å². The van der Waals surface area contributed by atoms with Gasteiger partial charge in [-0.1, -0.05) is 6.92 Å². The number of hydrogen-bond acceptors (Lipinski definition) is 4. The molecule has 1 rings (SSSR count). The maximum absolute atomic E-state index is 11.9. The zero-order chi connectivity index (χ0) is 14.0. The van der Waals surface area contributed by atoms with E-state index in [0.717, 1.165) is 19.3 Å². The van der Waals surface area contributed by atoms with Crippen molar-refractivity contribution in [2.24, 2.45) is 11.8 Å². The molecule has 1 fully saturated rings.